The van der Waals surface area contributed by atoms with Crippen LogP contribution >= 0.6 is 11.8 Å². The predicted molar refractivity (Wildman–Crippen MR) is 62.2 cm³/mol. The molecule has 0 radical (unpaired) electrons. The van der Waals surface area contributed by atoms with Crippen LogP contribution in [0, 0.1) is 5.92 Å². The van der Waals surface area contributed by atoms with E-state index < -0.39 is 0 Å². The molecule has 0 spiro atoms. The Kier molecular flexibility index (Phi) is 2.65. The summed E-state index contributed by atoms with van der Waals surface area (Å²) in [6, 6.07) is 0. The number of rotatable bonds is 1. The van der Waals surface area contributed by atoms with Crippen molar-refractivity contribution in [2.45, 2.75) is 44.0 Å². The van der Waals surface area contributed by atoms with Gasteiger partial charge in [-0.25, -0.2) is 0 Å². The molecule has 2 aliphatic rings. The molecule has 78 valence electrons. The van der Waals surface area contributed by atoms with E-state index in [2.05, 4.69) is 25.8 Å². The van der Waals surface area contributed by atoms with Gasteiger partial charge in [-0.1, -0.05) is 12.2 Å². The summed E-state index contributed by atoms with van der Waals surface area (Å²) in [4.78, 5) is 0. The van der Waals surface area contributed by atoms with Crippen LogP contribution in [0.25, 0.3) is 0 Å². The Morgan fingerprint density at radius 1 is 1.64 bits per heavy atom. The molecule has 1 fully saturated rings. The van der Waals surface area contributed by atoms with E-state index in [0.29, 0.717) is 11.2 Å². The highest BCUT2D eigenvalue weighted by Gasteiger charge is 2.42. The van der Waals surface area contributed by atoms with Gasteiger partial charge in [0.2, 0.25) is 0 Å². The maximum absolute atomic E-state index is 5.77. The lowest BCUT2D eigenvalue weighted by Crippen LogP contribution is -2.45. The van der Waals surface area contributed by atoms with Gasteiger partial charge in [-0.15, -0.1) is 11.8 Å². The molecular weight excluding hydrogens is 192 g/mol. The minimum Gasteiger partial charge on any atom is -0.493 e. The second kappa shape index (κ2) is 3.65. The Bertz CT molecular complexity index is 271. The molecule has 1 aliphatic carbocycles. The van der Waals surface area contributed by atoms with Crippen molar-refractivity contribution in [1.82, 2.24) is 0 Å². The van der Waals surface area contributed by atoms with E-state index in [-0.39, 0.29) is 5.60 Å². The van der Waals surface area contributed by atoms with Crippen LogP contribution in [0.4, 0.5) is 0 Å². The summed E-state index contributed by atoms with van der Waals surface area (Å²) >= 11 is 1.92. The van der Waals surface area contributed by atoms with Gasteiger partial charge in [0.05, 0.1) is 6.26 Å². The predicted octanol–water partition coefficient (Wildman–Crippen LogP) is 3.72. The molecule has 1 nitrogen and oxygen atoms in total. The molecule has 0 N–H and O–H groups in total. The number of hydrogen-bond acceptors (Lipinski definition) is 2. The molecule has 2 rings (SSSR count). The zero-order valence-electron chi connectivity index (χ0n) is 8.95. The first kappa shape index (κ1) is 10.2. The zero-order valence-corrected chi connectivity index (χ0v) is 9.77. The first-order valence-electron chi connectivity index (χ1n) is 5.25. The summed E-state index contributed by atoms with van der Waals surface area (Å²) in [5.41, 5.74) is 1.41. The highest BCUT2D eigenvalue weighted by Crippen LogP contribution is 2.45. The number of hydrogen-bond donors (Lipinski definition) is 0. The van der Waals surface area contributed by atoms with Gasteiger partial charge in [-0.2, -0.15) is 0 Å². The number of thioether (sulfide) groups is 1. The number of fused-ring (bicyclic) bond motifs is 1. The lowest BCUT2D eigenvalue weighted by atomic mass is 9.77. The van der Waals surface area contributed by atoms with Gasteiger partial charge >= 0.3 is 0 Å². The fraction of sp³-hybridized carbons (Fsp3) is 0.667. The maximum Gasteiger partial charge on any atom is 0.118 e. The molecule has 3 atom stereocenters. The third kappa shape index (κ3) is 1.72. The van der Waals surface area contributed by atoms with Crippen molar-refractivity contribution in [3.05, 3.63) is 23.8 Å². The molecule has 2 heteroatoms. The standard InChI is InChI=1S/C12H18OS/c1-9(2)10-4-5-12(3)11(8-10)14-7-6-13-12/h6-7,10-11H,1,4-5,8H2,2-3H3/t10-,11?,12+/m1/s1. The van der Waals surface area contributed by atoms with Crippen LogP contribution in [0.1, 0.15) is 33.1 Å². The monoisotopic (exact) mass is 210 g/mol. The highest BCUT2D eigenvalue weighted by molar-refractivity contribution is 8.02. The topological polar surface area (TPSA) is 9.23 Å². The first-order valence-corrected chi connectivity index (χ1v) is 6.20. The Morgan fingerprint density at radius 2 is 2.43 bits per heavy atom. The highest BCUT2D eigenvalue weighted by atomic mass is 32.2. The molecule has 0 bridgehead atoms. The quantitative estimate of drug-likeness (QED) is 0.610. The van der Waals surface area contributed by atoms with Gasteiger partial charge in [0.15, 0.2) is 0 Å². The van der Waals surface area contributed by atoms with E-state index in [1.165, 1.54) is 18.4 Å². The van der Waals surface area contributed by atoms with Crippen molar-refractivity contribution < 1.29 is 4.74 Å². The lowest BCUT2D eigenvalue weighted by molar-refractivity contribution is 0.00124. The summed E-state index contributed by atoms with van der Waals surface area (Å²) in [5.74, 6) is 0.704. The van der Waals surface area contributed by atoms with Crippen LogP contribution in [0.2, 0.25) is 0 Å². The summed E-state index contributed by atoms with van der Waals surface area (Å²) in [6.45, 7) is 8.46. The third-order valence-electron chi connectivity index (χ3n) is 3.50. The van der Waals surface area contributed by atoms with Gasteiger partial charge in [-0.05, 0) is 39.0 Å². The minimum absolute atomic E-state index is 0.0748. The minimum atomic E-state index is 0.0748. The Morgan fingerprint density at radius 3 is 3.14 bits per heavy atom. The average Bonchev–Trinajstić information content (AvgIpc) is 2.16. The summed E-state index contributed by atoms with van der Waals surface area (Å²) in [6.07, 6.45) is 5.46. The molecular formula is C12H18OS. The van der Waals surface area contributed by atoms with E-state index in [1.54, 1.807) is 0 Å². The van der Waals surface area contributed by atoms with Crippen LogP contribution in [0.15, 0.2) is 23.8 Å². The second-order valence-corrected chi connectivity index (χ2v) is 5.76. The summed E-state index contributed by atoms with van der Waals surface area (Å²) < 4.78 is 5.77. The van der Waals surface area contributed by atoms with E-state index in [9.17, 15) is 0 Å². The van der Waals surface area contributed by atoms with Crippen molar-refractivity contribution in [1.29, 1.82) is 0 Å². The van der Waals surface area contributed by atoms with Crippen molar-refractivity contribution in [2.75, 3.05) is 0 Å². The van der Waals surface area contributed by atoms with Gasteiger partial charge in [0, 0.05) is 10.7 Å². The molecule has 14 heavy (non-hydrogen) atoms. The molecule has 0 amide bonds. The maximum atomic E-state index is 5.77. The van der Waals surface area contributed by atoms with Crippen LogP contribution in [0.5, 0.6) is 0 Å². The molecule has 1 unspecified atom stereocenters. The summed E-state index contributed by atoms with van der Waals surface area (Å²) in [7, 11) is 0. The van der Waals surface area contributed by atoms with Crippen LogP contribution in [-0.4, -0.2) is 10.9 Å². The Balaban J connectivity index is 2.10. The zero-order chi connectivity index (χ0) is 10.2. The Labute approximate surface area is 90.6 Å². The number of allylic oxidation sites excluding steroid dienone is 1. The van der Waals surface area contributed by atoms with Gasteiger partial charge in [-0.3, -0.25) is 0 Å². The summed E-state index contributed by atoms with van der Waals surface area (Å²) in [5, 5.41) is 2.69. The van der Waals surface area contributed by atoms with E-state index in [0.717, 1.165) is 6.42 Å². The van der Waals surface area contributed by atoms with Crippen molar-refractivity contribution in [3.63, 3.8) is 0 Å². The molecule has 0 saturated heterocycles. The smallest absolute Gasteiger partial charge is 0.118 e. The largest absolute Gasteiger partial charge is 0.493 e. The third-order valence-corrected chi connectivity index (χ3v) is 4.79. The lowest BCUT2D eigenvalue weighted by Gasteiger charge is -2.44. The van der Waals surface area contributed by atoms with Crippen molar-refractivity contribution in [2.24, 2.45) is 5.92 Å². The van der Waals surface area contributed by atoms with Gasteiger partial charge < -0.3 is 4.74 Å². The SMILES string of the molecule is C=C(C)[C@@H]1CC[C@]2(C)OC=CSC2C1. The van der Waals surface area contributed by atoms with Crippen LogP contribution in [0.3, 0.4) is 0 Å². The van der Waals surface area contributed by atoms with Gasteiger partial charge in [0.25, 0.3) is 0 Å². The fourth-order valence-electron chi connectivity index (χ4n) is 2.34. The van der Waals surface area contributed by atoms with Crippen LogP contribution in [-0.2, 0) is 4.74 Å². The molecule has 0 aromatic carbocycles. The number of ether oxygens (including phenoxy) is 1. The Hall–Kier alpha value is -0.370. The molecule has 1 heterocycles. The van der Waals surface area contributed by atoms with E-state index >= 15 is 0 Å². The normalized spacial score (nSPS) is 41.3. The van der Waals surface area contributed by atoms with Crippen LogP contribution < -0.4 is 0 Å². The fourth-order valence-corrected chi connectivity index (χ4v) is 3.45. The first-order chi connectivity index (χ1) is 6.62. The molecule has 0 aromatic heterocycles. The van der Waals surface area contributed by atoms with Crippen molar-refractivity contribution in [3.8, 4) is 0 Å². The molecule has 0 aromatic rings. The van der Waals surface area contributed by atoms with E-state index in [4.69, 9.17) is 4.74 Å². The second-order valence-electron chi connectivity index (χ2n) is 4.65. The van der Waals surface area contributed by atoms with Crippen molar-refractivity contribution >= 4 is 11.8 Å². The average molecular weight is 210 g/mol. The van der Waals surface area contributed by atoms with Gasteiger partial charge in [0.1, 0.15) is 5.60 Å². The molecule has 1 aliphatic heterocycles. The van der Waals surface area contributed by atoms with E-state index in [1.807, 2.05) is 18.0 Å². The molecule has 1 saturated carbocycles.